The van der Waals surface area contributed by atoms with Crippen LogP contribution in [0.5, 0.6) is 0 Å². The molecule has 0 aromatic rings. The molecule has 50 valence electrons. The van der Waals surface area contributed by atoms with Crippen LogP contribution in [0, 0.1) is 16.7 Å². The van der Waals surface area contributed by atoms with E-state index >= 15 is 0 Å². The molecule has 0 unspecified atom stereocenters. The van der Waals surface area contributed by atoms with Crippen LogP contribution in [0.1, 0.15) is 12.8 Å². The highest BCUT2D eigenvalue weighted by atomic mass is 32.1. The van der Waals surface area contributed by atoms with Gasteiger partial charge in [-0.25, -0.2) is 0 Å². The Morgan fingerprint density at radius 3 is 2.89 bits per heavy atom. The second-order valence-electron chi connectivity index (χ2n) is 1.54. The van der Waals surface area contributed by atoms with Gasteiger partial charge in [0.2, 0.25) is 0 Å². The summed E-state index contributed by atoms with van der Waals surface area (Å²) in [5.74, 6) is 0. The first kappa shape index (κ1) is 8.31. The molecule has 0 saturated heterocycles. The molecule has 0 bridgehead atoms. The van der Waals surface area contributed by atoms with Crippen LogP contribution in [0.3, 0.4) is 0 Å². The van der Waals surface area contributed by atoms with Crippen molar-refractivity contribution < 1.29 is 0 Å². The van der Waals surface area contributed by atoms with Crippen LogP contribution < -0.4 is 5.32 Å². The Morgan fingerprint density at radius 2 is 2.44 bits per heavy atom. The van der Waals surface area contributed by atoms with Crippen molar-refractivity contribution in [3.05, 3.63) is 0 Å². The summed E-state index contributed by atoms with van der Waals surface area (Å²) in [4.78, 5) is 0. The smallest absolute Gasteiger partial charge is 0.150 e. The van der Waals surface area contributed by atoms with Gasteiger partial charge in [-0.15, -0.1) is 12.6 Å². The fraction of sp³-hybridized carbons (Fsp3) is 0.600. The largest absolute Gasteiger partial charge is 0.365 e. The maximum Gasteiger partial charge on any atom is 0.150 e. The summed E-state index contributed by atoms with van der Waals surface area (Å²) >= 11 is 3.69. The fourth-order valence-corrected chi connectivity index (χ4v) is 0.486. The zero-order valence-electron chi connectivity index (χ0n) is 5.02. The molecular formula is C5H9N3S. The van der Waals surface area contributed by atoms with Crippen molar-refractivity contribution in [2.45, 2.75) is 12.8 Å². The lowest BCUT2D eigenvalue weighted by atomic mass is 10.3. The number of unbranched alkanes of at least 4 members (excludes halogenated alkanes) is 1. The summed E-state index contributed by atoms with van der Waals surface area (Å²) < 4.78 is 0. The van der Waals surface area contributed by atoms with Crippen LogP contribution in [-0.4, -0.2) is 11.7 Å². The third-order valence-corrected chi connectivity index (χ3v) is 0.916. The van der Waals surface area contributed by atoms with Crippen molar-refractivity contribution in [3.63, 3.8) is 0 Å². The molecule has 0 amide bonds. The Hall–Kier alpha value is -0.690. The zero-order valence-corrected chi connectivity index (χ0v) is 5.91. The van der Waals surface area contributed by atoms with Gasteiger partial charge in [0.15, 0.2) is 5.17 Å². The van der Waals surface area contributed by atoms with E-state index in [0.717, 1.165) is 6.42 Å². The van der Waals surface area contributed by atoms with E-state index in [2.05, 4.69) is 17.9 Å². The Kier molecular flexibility index (Phi) is 5.03. The number of nitriles is 1. The quantitative estimate of drug-likeness (QED) is 0.236. The monoisotopic (exact) mass is 143 g/mol. The average Bonchev–Trinajstić information content (AvgIpc) is 1.80. The molecule has 9 heavy (non-hydrogen) atoms. The summed E-state index contributed by atoms with van der Waals surface area (Å²) in [6, 6.07) is 2.01. The molecule has 3 nitrogen and oxygen atoms in total. The Bertz CT molecular complexity index is 127. The van der Waals surface area contributed by atoms with Crippen LogP contribution in [0.15, 0.2) is 0 Å². The molecule has 0 aliphatic heterocycles. The van der Waals surface area contributed by atoms with Crippen molar-refractivity contribution in [1.29, 1.82) is 10.7 Å². The van der Waals surface area contributed by atoms with Gasteiger partial charge in [0, 0.05) is 13.0 Å². The Labute approximate surface area is 60.0 Å². The Morgan fingerprint density at radius 1 is 1.78 bits per heavy atom. The second-order valence-corrected chi connectivity index (χ2v) is 1.98. The van der Waals surface area contributed by atoms with Gasteiger partial charge in [0.1, 0.15) is 0 Å². The maximum atomic E-state index is 8.08. The minimum Gasteiger partial charge on any atom is -0.365 e. The molecule has 0 fully saturated rings. The fourth-order valence-electron chi connectivity index (χ4n) is 0.374. The standard InChI is InChI=1S/C5H9N3S/c6-3-1-2-4-8-5(7)9/h1-2,4H2,(H3,7,8,9). The van der Waals surface area contributed by atoms with Crippen molar-refractivity contribution in [2.75, 3.05) is 6.54 Å². The normalized spacial score (nSPS) is 8.00. The highest BCUT2D eigenvalue weighted by molar-refractivity contribution is 7.96. The van der Waals surface area contributed by atoms with Gasteiger partial charge in [-0.05, 0) is 6.42 Å². The van der Waals surface area contributed by atoms with Gasteiger partial charge in [-0.2, -0.15) is 5.26 Å². The summed E-state index contributed by atoms with van der Waals surface area (Å²) in [7, 11) is 0. The summed E-state index contributed by atoms with van der Waals surface area (Å²) in [6.45, 7) is 0.663. The van der Waals surface area contributed by atoms with E-state index in [1.54, 1.807) is 0 Å². The molecule has 0 aliphatic carbocycles. The predicted molar refractivity (Wildman–Crippen MR) is 39.6 cm³/mol. The molecule has 0 aromatic carbocycles. The molecule has 4 heteroatoms. The molecule has 0 rings (SSSR count). The van der Waals surface area contributed by atoms with Crippen molar-refractivity contribution >= 4 is 17.8 Å². The van der Waals surface area contributed by atoms with Crippen molar-refractivity contribution in [1.82, 2.24) is 5.32 Å². The molecule has 0 radical (unpaired) electrons. The van der Waals surface area contributed by atoms with Crippen molar-refractivity contribution in [3.8, 4) is 6.07 Å². The van der Waals surface area contributed by atoms with Gasteiger partial charge in [-0.3, -0.25) is 5.41 Å². The van der Waals surface area contributed by atoms with Crippen LogP contribution >= 0.6 is 12.6 Å². The lowest BCUT2D eigenvalue weighted by Crippen LogP contribution is -2.18. The molecular weight excluding hydrogens is 134 g/mol. The van der Waals surface area contributed by atoms with Crippen LogP contribution in [0.2, 0.25) is 0 Å². The molecule has 2 N–H and O–H groups in total. The van der Waals surface area contributed by atoms with E-state index in [1.807, 2.05) is 6.07 Å². The summed E-state index contributed by atoms with van der Waals surface area (Å²) in [5.41, 5.74) is 0. The number of hydrogen-bond donors (Lipinski definition) is 3. The number of nitrogens with zero attached hydrogens (tertiary/aromatic N) is 1. The van der Waals surface area contributed by atoms with E-state index in [9.17, 15) is 0 Å². The number of nitrogens with one attached hydrogen (secondary N) is 2. The second kappa shape index (κ2) is 5.45. The van der Waals surface area contributed by atoms with Crippen LogP contribution in [0.4, 0.5) is 0 Å². The first-order valence-corrected chi connectivity index (χ1v) is 3.10. The number of rotatable bonds is 3. The minimum atomic E-state index is 0.160. The lowest BCUT2D eigenvalue weighted by molar-refractivity contribution is 0.798. The zero-order chi connectivity index (χ0) is 7.11. The number of thiol groups is 1. The molecule has 0 atom stereocenters. The topological polar surface area (TPSA) is 59.7 Å². The van der Waals surface area contributed by atoms with Gasteiger partial charge >= 0.3 is 0 Å². The lowest BCUT2D eigenvalue weighted by Gasteiger charge is -1.97. The minimum absolute atomic E-state index is 0.160. The van der Waals surface area contributed by atoms with Gasteiger partial charge in [0.25, 0.3) is 0 Å². The van der Waals surface area contributed by atoms with Crippen LogP contribution in [-0.2, 0) is 0 Å². The molecule has 0 spiro atoms. The van der Waals surface area contributed by atoms with E-state index in [0.29, 0.717) is 13.0 Å². The molecule has 0 heterocycles. The SMILES string of the molecule is N#CCCCNC(=N)S. The van der Waals surface area contributed by atoms with Crippen LogP contribution in [0.25, 0.3) is 0 Å². The van der Waals surface area contributed by atoms with E-state index in [4.69, 9.17) is 10.7 Å². The number of hydrogen-bond acceptors (Lipinski definition) is 2. The summed E-state index contributed by atoms with van der Waals surface area (Å²) in [6.07, 6.45) is 1.31. The average molecular weight is 143 g/mol. The molecule has 0 saturated carbocycles. The van der Waals surface area contributed by atoms with E-state index in [-0.39, 0.29) is 5.17 Å². The number of amidine groups is 1. The van der Waals surface area contributed by atoms with Gasteiger partial charge < -0.3 is 5.32 Å². The van der Waals surface area contributed by atoms with E-state index < -0.39 is 0 Å². The third kappa shape index (κ3) is 7.31. The van der Waals surface area contributed by atoms with Gasteiger partial charge in [0.05, 0.1) is 6.07 Å². The van der Waals surface area contributed by atoms with Crippen molar-refractivity contribution in [2.24, 2.45) is 0 Å². The first-order valence-electron chi connectivity index (χ1n) is 2.65. The predicted octanol–water partition coefficient (Wildman–Crippen LogP) is 0.744. The molecule has 0 aromatic heterocycles. The third-order valence-electron chi connectivity index (χ3n) is 0.758. The summed E-state index contributed by atoms with van der Waals surface area (Å²) in [5, 5.41) is 17.7. The molecule has 0 aliphatic rings. The Balaban J connectivity index is 2.94. The highest BCUT2D eigenvalue weighted by Gasteiger charge is 1.85. The van der Waals surface area contributed by atoms with Gasteiger partial charge in [-0.1, -0.05) is 0 Å². The van der Waals surface area contributed by atoms with E-state index in [1.165, 1.54) is 0 Å². The maximum absolute atomic E-state index is 8.08. The first-order chi connectivity index (χ1) is 4.27. The highest BCUT2D eigenvalue weighted by Crippen LogP contribution is 1.83.